The lowest BCUT2D eigenvalue weighted by molar-refractivity contribution is -0.141. The molecule has 2 N–H and O–H groups in total. The van der Waals surface area contributed by atoms with Crippen LogP contribution in [0.1, 0.15) is 24.2 Å². The molecule has 25 heavy (non-hydrogen) atoms. The molecule has 0 saturated carbocycles. The Morgan fingerprint density at radius 2 is 2.08 bits per heavy atom. The number of amides is 2. The van der Waals surface area contributed by atoms with E-state index in [1.54, 1.807) is 12.1 Å². The van der Waals surface area contributed by atoms with Gasteiger partial charge in [-0.1, -0.05) is 6.07 Å². The standard InChI is InChI=1S/C17H18FN3O4/c1-10(17(24)25)21(7-6-19-11(2)22)16(23)14-9-13(18)8-12-4-3-5-20-15(12)14/h3-5,8-10H,6-7H2,1-2H3,(H,19,22)(H,24,25). The van der Waals surface area contributed by atoms with Crippen LogP contribution in [0.3, 0.4) is 0 Å². The number of carbonyl (C=O) groups is 3. The lowest BCUT2D eigenvalue weighted by Crippen LogP contribution is -2.46. The van der Waals surface area contributed by atoms with Crippen LogP contribution in [0, 0.1) is 5.82 Å². The largest absolute Gasteiger partial charge is 0.480 e. The highest BCUT2D eigenvalue weighted by Gasteiger charge is 2.28. The summed E-state index contributed by atoms with van der Waals surface area (Å²) in [6.45, 7) is 2.72. The van der Waals surface area contributed by atoms with Gasteiger partial charge in [0.1, 0.15) is 11.9 Å². The van der Waals surface area contributed by atoms with E-state index < -0.39 is 23.7 Å². The normalized spacial score (nSPS) is 11.8. The maximum atomic E-state index is 13.9. The predicted octanol–water partition coefficient (Wildman–Crippen LogP) is 1.43. The van der Waals surface area contributed by atoms with Gasteiger partial charge >= 0.3 is 5.97 Å². The van der Waals surface area contributed by atoms with Crippen molar-refractivity contribution in [2.24, 2.45) is 0 Å². The van der Waals surface area contributed by atoms with Crippen LogP contribution in [0.15, 0.2) is 30.5 Å². The molecule has 7 nitrogen and oxygen atoms in total. The Labute approximate surface area is 143 Å². The summed E-state index contributed by atoms with van der Waals surface area (Å²) in [6.07, 6.45) is 1.47. The van der Waals surface area contributed by atoms with Crippen molar-refractivity contribution >= 4 is 28.7 Å². The first-order valence-electron chi connectivity index (χ1n) is 7.63. The molecule has 1 aromatic heterocycles. The maximum absolute atomic E-state index is 13.9. The average Bonchev–Trinajstić information content (AvgIpc) is 2.56. The molecular formula is C17H18FN3O4. The van der Waals surface area contributed by atoms with Gasteiger partial charge in [0, 0.05) is 31.6 Å². The van der Waals surface area contributed by atoms with Gasteiger partial charge in [-0.3, -0.25) is 14.6 Å². The molecule has 1 unspecified atom stereocenters. The molecule has 0 aliphatic heterocycles. The van der Waals surface area contributed by atoms with Gasteiger partial charge < -0.3 is 15.3 Å². The van der Waals surface area contributed by atoms with E-state index in [1.807, 2.05) is 0 Å². The van der Waals surface area contributed by atoms with Crippen LogP contribution in [0.2, 0.25) is 0 Å². The number of nitrogens with zero attached hydrogens (tertiary/aromatic N) is 2. The van der Waals surface area contributed by atoms with Crippen LogP contribution in [0.25, 0.3) is 10.9 Å². The van der Waals surface area contributed by atoms with Crippen molar-refractivity contribution in [2.45, 2.75) is 19.9 Å². The Hall–Kier alpha value is -3.03. The fraction of sp³-hybridized carbons (Fsp3) is 0.294. The van der Waals surface area contributed by atoms with E-state index in [0.717, 1.165) is 11.0 Å². The molecule has 1 atom stereocenters. The summed E-state index contributed by atoms with van der Waals surface area (Å²) in [5.74, 6) is -2.78. The van der Waals surface area contributed by atoms with Gasteiger partial charge in [0.25, 0.3) is 5.91 Å². The molecule has 0 aliphatic carbocycles. The van der Waals surface area contributed by atoms with E-state index in [2.05, 4.69) is 10.3 Å². The van der Waals surface area contributed by atoms with Crippen LogP contribution in [-0.4, -0.2) is 51.9 Å². The number of aliphatic carboxylic acids is 1. The third kappa shape index (κ3) is 4.28. The van der Waals surface area contributed by atoms with E-state index in [1.165, 1.54) is 26.1 Å². The van der Waals surface area contributed by atoms with Crippen molar-refractivity contribution in [1.82, 2.24) is 15.2 Å². The van der Waals surface area contributed by atoms with E-state index in [-0.39, 0.29) is 30.1 Å². The average molecular weight is 347 g/mol. The van der Waals surface area contributed by atoms with Crippen molar-refractivity contribution in [2.75, 3.05) is 13.1 Å². The Bertz CT molecular complexity index is 825. The summed E-state index contributed by atoms with van der Waals surface area (Å²) >= 11 is 0. The number of aromatic nitrogens is 1. The lowest BCUT2D eigenvalue weighted by atomic mass is 10.1. The lowest BCUT2D eigenvalue weighted by Gasteiger charge is -2.27. The zero-order valence-corrected chi connectivity index (χ0v) is 13.8. The van der Waals surface area contributed by atoms with Gasteiger partial charge in [0.05, 0.1) is 11.1 Å². The second kappa shape index (κ2) is 7.69. The quantitative estimate of drug-likeness (QED) is 0.823. The number of halogens is 1. The van der Waals surface area contributed by atoms with Crippen LogP contribution in [0.4, 0.5) is 4.39 Å². The molecule has 0 spiro atoms. The third-order valence-corrected chi connectivity index (χ3v) is 3.71. The fourth-order valence-electron chi connectivity index (χ4n) is 2.43. The van der Waals surface area contributed by atoms with Gasteiger partial charge in [-0.05, 0) is 25.1 Å². The van der Waals surface area contributed by atoms with Crippen LogP contribution in [-0.2, 0) is 9.59 Å². The van der Waals surface area contributed by atoms with E-state index in [0.29, 0.717) is 5.39 Å². The smallest absolute Gasteiger partial charge is 0.326 e. The van der Waals surface area contributed by atoms with Gasteiger partial charge in [-0.25, -0.2) is 9.18 Å². The molecule has 8 heteroatoms. The number of benzene rings is 1. The minimum Gasteiger partial charge on any atom is -0.480 e. The monoisotopic (exact) mass is 347 g/mol. The first kappa shape index (κ1) is 18.3. The summed E-state index contributed by atoms with van der Waals surface area (Å²) in [5.41, 5.74) is 0.266. The number of hydrogen-bond acceptors (Lipinski definition) is 4. The first-order chi connectivity index (χ1) is 11.8. The van der Waals surface area contributed by atoms with Gasteiger partial charge in [-0.2, -0.15) is 0 Å². The number of rotatable bonds is 6. The van der Waals surface area contributed by atoms with Gasteiger partial charge in [-0.15, -0.1) is 0 Å². The number of fused-ring (bicyclic) bond motifs is 1. The van der Waals surface area contributed by atoms with E-state index >= 15 is 0 Å². The van der Waals surface area contributed by atoms with Gasteiger partial charge in [0.15, 0.2) is 0 Å². The highest BCUT2D eigenvalue weighted by atomic mass is 19.1. The third-order valence-electron chi connectivity index (χ3n) is 3.71. The fourth-order valence-corrected chi connectivity index (χ4v) is 2.43. The molecule has 2 rings (SSSR count). The summed E-state index contributed by atoms with van der Waals surface area (Å²) < 4.78 is 13.9. The Kier molecular flexibility index (Phi) is 5.63. The van der Waals surface area contributed by atoms with E-state index in [9.17, 15) is 23.9 Å². The second-order valence-corrected chi connectivity index (χ2v) is 5.52. The molecule has 0 saturated heterocycles. The minimum absolute atomic E-state index is 0.0217. The van der Waals surface area contributed by atoms with Crippen LogP contribution < -0.4 is 5.32 Å². The molecule has 0 aliphatic rings. The molecule has 0 bridgehead atoms. The number of carboxylic acids is 1. The Balaban J connectivity index is 2.41. The number of nitrogens with one attached hydrogen (secondary N) is 1. The highest BCUT2D eigenvalue weighted by Crippen LogP contribution is 2.21. The molecule has 1 aromatic carbocycles. The molecule has 2 aromatic rings. The van der Waals surface area contributed by atoms with Gasteiger partial charge in [0.2, 0.25) is 5.91 Å². The SMILES string of the molecule is CC(=O)NCCN(C(=O)c1cc(F)cc2cccnc12)C(C)C(=O)O. The van der Waals surface area contributed by atoms with Crippen molar-refractivity contribution in [3.8, 4) is 0 Å². The number of carbonyl (C=O) groups excluding carboxylic acids is 2. The van der Waals surface area contributed by atoms with Crippen LogP contribution >= 0.6 is 0 Å². The second-order valence-electron chi connectivity index (χ2n) is 5.52. The highest BCUT2D eigenvalue weighted by molar-refractivity contribution is 6.06. The summed E-state index contributed by atoms with van der Waals surface area (Å²) in [5, 5.41) is 12.2. The number of pyridine rings is 1. The van der Waals surface area contributed by atoms with E-state index in [4.69, 9.17) is 0 Å². The topological polar surface area (TPSA) is 99.6 Å². The minimum atomic E-state index is -1.20. The predicted molar refractivity (Wildman–Crippen MR) is 88.5 cm³/mol. The molecule has 132 valence electrons. The van der Waals surface area contributed by atoms with Crippen molar-refractivity contribution in [3.63, 3.8) is 0 Å². The van der Waals surface area contributed by atoms with Crippen molar-refractivity contribution in [1.29, 1.82) is 0 Å². The summed E-state index contributed by atoms with van der Waals surface area (Å²) in [7, 11) is 0. The Morgan fingerprint density at radius 1 is 1.36 bits per heavy atom. The molecular weight excluding hydrogens is 329 g/mol. The summed E-state index contributed by atoms with van der Waals surface area (Å²) in [6, 6.07) is 4.37. The molecule has 0 radical (unpaired) electrons. The number of hydrogen-bond donors (Lipinski definition) is 2. The van der Waals surface area contributed by atoms with Crippen LogP contribution in [0.5, 0.6) is 0 Å². The molecule has 1 heterocycles. The molecule has 2 amide bonds. The maximum Gasteiger partial charge on any atom is 0.326 e. The zero-order chi connectivity index (χ0) is 18.6. The number of carboxylic acid groups (broad SMARTS) is 1. The molecule has 0 fully saturated rings. The van der Waals surface area contributed by atoms with Crippen molar-refractivity contribution < 1.29 is 23.9 Å². The zero-order valence-electron chi connectivity index (χ0n) is 13.8. The Morgan fingerprint density at radius 3 is 2.72 bits per heavy atom. The summed E-state index contributed by atoms with van der Waals surface area (Å²) in [4.78, 5) is 40.4. The first-order valence-corrected chi connectivity index (χ1v) is 7.63. The van der Waals surface area contributed by atoms with Crippen molar-refractivity contribution in [3.05, 3.63) is 41.8 Å².